The molecule has 0 radical (unpaired) electrons. The highest BCUT2D eigenvalue weighted by Gasteiger charge is 2.29. The molecule has 1 aromatic rings. The van der Waals surface area contributed by atoms with E-state index in [-0.39, 0.29) is 17.5 Å². The van der Waals surface area contributed by atoms with Crippen LogP contribution < -0.4 is 5.73 Å². The fraction of sp³-hybridized carbons (Fsp3) is 0.500. The largest absolute Gasteiger partial charge is 0.338 e. The molecular weight excluding hydrogens is 231 g/mol. The predicted molar refractivity (Wildman–Crippen MR) is 68.7 cm³/mol. The zero-order chi connectivity index (χ0) is 13.1. The van der Waals surface area contributed by atoms with Crippen LogP contribution in [0.3, 0.4) is 0 Å². The van der Waals surface area contributed by atoms with Gasteiger partial charge in [0.25, 0.3) is 5.91 Å². The van der Waals surface area contributed by atoms with Gasteiger partial charge in [0.05, 0.1) is 5.56 Å². The molecule has 18 heavy (non-hydrogen) atoms. The number of piperidine rings is 1. The molecular formula is C14H19FN2O. The Morgan fingerprint density at radius 3 is 2.89 bits per heavy atom. The van der Waals surface area contributed by atoms with E-state index in [4.69, 9.17) is 5.73 Å². The molecule has 1 aliphatic heterocycles. The number of likely N-dealkylation sites (tertiary alicyclic amines) is 1. The Balaban J connectivity index is 2.13. The molecule has 0 aromatic heterocycles. The molecule has 2 atom stereocenters. The summed E-state index contributed by atoms with van der Waals surface area (Å²) >= 11 is 0. The minimum absolute atomic E-state index is 0.152. The second-order valence-electron chi connectivity index (χ2n) is 4.85. The number of hydrogen-bond acceptors (Lipinski definition) is 2. The number of benzene rings is 1. The average molecular weight is 250 g/mol. The highest BCUT2D eigenvalue weighted by atomic mass is 19.1. The van der Waals surface area contributed by atoms with E-state index in [9.17, 15) is 9.18 Å². The SMILES string of the molecule is CCC1CN(C(=O)c2ccccc2F)CCC1N. The first-order chi connectivity index (χ1) is 8.63. The lowest BCUT2D eigenvalue weighted by Gasteiger charge is -2.36. The third-order valence-electron chi connectivity index (χ3n) is 3.71. The molecule has 0 bridgehead atoms. The van der Waals surface area contributed by atoms with Crippen molar-refractivity contribution in [2.24, 2.45) is 11.7 Å². The van der Waals surface area contributed by atoms with Gasteiger partial charge >= 0.3 is 0 Å². The number of carbonyl (C=O) groups is 1. The van der Waals surface area contributed by atoms with E-state index in [1.54, 1.807) is 17.0 Å². The second kappa shape index (κ2) is 5.48. The molecule has 1 aromatic carbocycles. The van der Waals surface area contributed by atoms with Crippen LogP contribution >= 0.6 is 0 Å². The van der Waals surface area contributed by atoms with E-state index in [0.717, 1.165) is 12.8 Å². The molecule has 3 nitrogen and oxygen atoms in total. The Hall–Kier alpha value is -1.42. The Bertz CT molecular complexity index is 436. The number of carbonyl (C=O) groups excluding carboxylic acids is 1. The first-order valence-electron chi connectivity index (χ1n) is 6.43. The number of rotatable bonds is 2. The summed E-state index contributed by atoms with van der Waals surface area (Å²) in [6, 6.07) is 6.28. The van der Waals surface area contributed by atoms with Crippen LogP contribution in [0.4, 0.5) is 4.39 Å². The van der Waals surface area contributed by atoms with Crippen LogP contribution in [0.15, 0.2) is 24.3 Å². The molecule has 1 heterocycles. The van der Waals surface area contributed by atoms with Crippen molar-refractivity contribution in [3.8, 4) is 0 Å². The average Bonchev–Trinajstić information content (AvgIpc) is 2.39. The van der Waals surface area contributed by atoms with Crippen molar-refractivity contribution in [1.82, 2.24) is 4.90 Å². The first kappa shape index (κ1) is 13.0. The normalized spacial score (nSPS) is 24.1. The molecule has 2 unspecified atom stereocenters. The quantitative estimate of drug-likeness (QED) is 0.873. The van der Waals surface area contributed by atoms with E-state index in [0.29, 0.717) is 19.0 Å². The number of nitrogens with two attached hydrogens (primary N) is 1. The lowest BCUT2D eigenvalue weighted by Crippen LogP contribution is -2.49. The summed E-state index contributed by atoms with van der Waals surface area (Å²) in [6.45, 7) is 3.32. The van der Waals surface area contributed by atoms with Crippen molar-refractivity contribution in [3.63, 3.8) is 0 Å². The van der Waals surface area contributed by atoms with Crippen molar-refractivity contribution in [2.45, 2.75) is 25.8 Å². The molecule has 2 rings (SSSR count). The molecule has 4 heteroatoms. The monoisotopic (exact) mass is 250 g/mol. The van der Waals surface area contributed by atoms with Crippen LogP contribution in [0.2, 0.25) is 0 Å². The molecule has 1 amide bonds. The summed E-state index contributed by atoms with van der Waals surface area (Å²) in [4.78, 5) is 14.0. The van der Waals surface area contributed by atoms with Crippen LogP contribution in [0, 0.1) is 11.7 Å². The molecule has 1 saturated heterocycles. The Morgan fingerprint density at radius 2 is 2.22 bits per heavy atom. The Labute approximate surface area is 107 Å². The summed E-state index contributed by atoms with van der Waals surface area (Å²) < 4.78 is 13.6. The number of amides is 1. The van der Waals surface area contributed by atoms with Crippen molar-refractivity contribution < 1.29 is 9.18 Å². The van der Waals surface area contributed by atoms with Crippen LogP contribution in [-0.4, -0.2) is 29.9 Å². The first-order valence-corrected chi connectivity index (χ1v) is 6.43. The van der Waals surface area contributed by atoms with E-state index in [1.165, 1.54) is 12.1 Å². The van der Waals surface area contributed by atoms with Crippen LogP contribution in [0.25, 0.3) is 0 Å². The standard InChI is InChI=1S/C14H19FN2O/c1-2-10-9-17(8-7-13(10)16)14(18)11-5-3-4-6-12(11)15/h3-6,10,13H,2,7-9,16H2,1H3. The molecule has 98 valence electrons. The van der Waals surface area contributed by atoms with Crippen molar-refractivity contribution >= 4 is 5.91 Å². The molecule has 0 aliphatic carbocycles. The summed E-state index contributed by atoms with van der Waals surface area (Å²) in [5, 5.41) is 0. The number of nitrogens with zero attached hydrogens (tertiary/aromatic N) is 1. The van der Waals surface area contributed by atoms with Gasteiger partial charge < -0.3 is 10.6 Å². The van der Waals surface area contributed by atoms with Gasteiger partial charge in [-0.3, -0.25) is 4.79 Å². The number of hydrogen-bond donors (Lipinski definition) is 1. The van der Waals surface area contributed by atoms with Gasteiger partial charge in [-0.2, -0.15) is 0 Å². The zero-order valence-electron chi connectivity index (χ0n) is 10.6. The van der Waals surface area contributed by atoms with E-state index in [1.807, 2.05) is 0 Å². The second-order valence-corrected chi connectivity index (χ2v) is 4.85. The Morgan fingerprint density at radius 1 is 1.50 bits per heavy atom. The van der Waals surface area contributed by atoms with Gasteiger partial charge in [-0.15, -0.1) is 0 Å². The van der Waals surface area contributed by atoms with Gasteiger partial charge in [-0.1, -0.05) is 25.5 Å². The third-order valence-corrected chi connectivity index (χ3v) is 3.71. The van der Waals surface area contributed by atoms with Crippen molar-refractivity contribution in [2.75, 3.05) is 13.1 Å². The van der Waals surface area contributed by atoms with E-state index < -0.39 is 5.82 Å². The lowest BCUT2D eigenvalue weighted by atomic mass is 9.90. The van der Waals surface area contributed by atoms with E-state index >= 15 is 0 Å². The smallest absolute Gasteiger partial charge is 0.256 e. The molecule has 1 aliphatic rings. The Kier molecular flexibility index (Phi) is 3.97. The van der Waals surface area contributed by atoms with Crippen LogP contribution in [0.1, 0.15) is 30.1 Å². The summed E-state index contributed by atoms with van der Waals surface area (Å²) in [6.07, 6.45) is 1.74. The highest BCUT2D eigenvalue weighted by Crippen LogP contribution is 2.21. The topological polar surface area (TPSA) is 46.3 Å². The van der Waals surface area contributed by atoms with Crippen molar-refractivity contribution in [1.29, 1.82) is 0 Å². The van der Waals surface area contributed by atoms with Crippen LogP contribution in [-0.2, 0) is 0 Å². The van der Waals surface area contributed by atoms with Crippen molar-refractivity contribution in [3.05, 3.63) is 35.6 Å². The minimum atomic E-state index is -0.453. The van der Waals surface area contributed by atoms with E-state index in [2.05, 4.69) is 6.92 Å². The summed E-state index contributed by atoms with van der Waals surface area (Å²) in [7, 11) is 0. The molecule has 0 spiro atoms. The number of halogens is 1. The van der Waals surface area contributed by atoms with Crippen LogP contribution in [0.5, 0.6) is 0 Å². The predicted octanol–water partition coefficient (Wildman–Crippen LogP) is 2.03. The molecule has 2 N–H and O–H groups in total. The molecule has 0 saturated carbocycles. The van der Waals surface area contributed by atoms with Gasteiger partial charge in [-0.05, 0) is 24.5 Å². The maximum Gasteiger partial charge on any atom is 0.256 e. The maximum atomic E-state index is 13.6. The van der Waals surface area contributed by atoms with Gasteiger partial charge in [0.15, 0.2) is 0 Å². The zero-order valence-corrected chi connectivity index (χ0v) is 10.6. The fourth-order valence-electron chi connectivity index (χ4n) is 2.47. The maximum absolute atomic E-state index is 13.6. The third kappa shape index (κ3) is 2.53. The van der Waals surface area contributed by atoms with Gasteiger partial charge in [0, 0.05) is 19.1 Å². The van der Waals surface area contributed by atoms with Gasteiger partial charge in [0.2, 0.25) is 0 Å². The van der Waals surface area contributed by atoms with Gasteiger partial charge in [0.1, 0.15) is 5.82 Å². The highest BCUT2D eigenvalue weighted by molar-refractivity contribution is 5.94. The lowest BCUT2D eigenvalue weighted by molar-refractivity contribution is 0.0644. The summed E-state index contributed by atoms with van der Waals surface area (Å²) in [5.41, 5.74) is 6.16. The minimum Gasteiger partial charge on any atom is -0.338 e. The van der Waals surface area contributed by atoms with Gasteiger partial charge in [-0.25, -0.2) is 4.39 Å². The summed E-state index contributed by atoms with van der Waals surface area (Å²) in [5.74, 6) is -0.363. The molecule has 1 fully saturated rings. The fourth-order valence-corrected chi connectivity index (χ4v) is 2.47.